The van der Waals surface area contributed by atoms with Crippen LogP contribution < -0.4 is 9.80 Å². The van der Waals surface area contributed by atoms with Crippen molar-refractivity contribution in [1.29, 1.82) is 0 Å². The molecule has 0 atom stereocenters. The van der Waals surface area contributed by atoms with Gasteiger partial charge < -0.3 is 9.64 Å². The third-order valence-corrected chi connectivity index (χ3v) is 6.21. The predicted octanol–water partition coefficient (Wildman–Crippen LogP) is 4.25. The molecule has 0 aromatic heterocycles. The van der Waals surface area contributed by atoms with Gasteiger partial charge in [0.05, 0.1) is 23.9 Å². The number of rotatable bonds is 4. The number of amides is 2. The van der Waals surface area contributed by atoms with Gasteiger partial charge in [-0.1, -0.05) is 42.1 Å². The molecule has 4 rings (SSSR count). The second-order valence-electron chi connectivity index (χ2n) is 6.95. The molecule has 6 nitrogen and oxygen atoms in total. The summed E-state index contributed by atoms with van der Waals surface area (Å²) >= 11 is 1.43. The Morgan fingerprint density at radius 2 is 1.68 bits per heavy atom. The van der Waals surface area contributed by atoms with Gasteiger partial charge in [0.1, 0.15) is 6.54 Å². The molecule has 0 N–H and O–H groups in total. The number of para-hydroxylation sites is 1. The molecule has 1 heterocycles. The van der Waals surface area contributed by atoms with E-state index in [-0.39, 0.29) is 18.4 Å². The molecule has 3 aromatic carbocycles. The lowest BCUT2D eigenvalue weighted by molar-refractivity contribution is -0.117. The zero-order valence-corrected chi connectivity index (χ0v) is 17.9. The molecule has 0 saturated heterocycles. The first-order valence-corrected chi connectivity index (χ1v) is 10.4. The Morgan fingerprint density at radius 1 is 0.968 bits per heavy atom. The maximum Gasteiger partial charge on any atom is 0.337 e. The normalized spacial score (nSPS) is 12.5. The van der Waals surface area contributed by atoms with Crippen molar-refractivity contribution in [2.75, 3.05) is 30.5 Å². The summed E-state index contributed by atoms with van der Waals surface area (Å²) in [5, 5.41) is 0. The summed E-state index contributed by atoms with van der Waals surface area (Å²) in [5.41, 5.74) is 2.06. The van der Waals surface area contributed by atoms with E-state index in [4.69, 9.17) is 4.74 Å². The van der Waals surface area contributed by atoms with E-state index >= 15 is 0 Å². The van der Waals surface area contributed by atoms with Crippen LogP contribution >= 0.6 is 11.8 Å². The van der Waals surface area contributed by atoms with Crippen LogP contribution in [0.25, 0.3) is 0 Å². The lowest BCUT2D eigenvalue weighted by atomic mass is 10.1. The highest BCUT2D eigenvalue weighted by Crippen LogP contribution is 2.41. The van der Waals surface area contributed by atoms with Gasteiger partial charge in [-0.2, -0.15) is 0 Å². The van der Waals surface area contributed by atoms with Gasteiger partial charge in [0.15, 0.2) is 0 Å². The summed E-state index contributed by atoms with van der Waals surface area (Å²) in [6.07, 6.45) is 0. The Kier molecular flexibility index (Phi) is 5.77. The number of likely N-dealkylation sites (N-methyl/N-ethyl adjacent to an activating group) is 1. The van der Waals surface area contributed by atoms with Crippen LogP contribution in [-0.4, -0.2) is 38.5 Å². The Hall–Kier alpha value is -3.58. The summed E-state index contributed by atoms with van der Waals surface area (Å²) in [7, 11) is 2.98. The summed E-state index contributed by atoms with van der Waals surface area (Å²) in [5.74, 6) is -1.05. The number of hydrogen-bond donors (Lipinski definition) is 0. The number of methoxy groups -OCH3 is 1. The Balaban J connectivity index is 1.76. The molecule has 0 bridgehead atoms. The van der Waals surface area contributed by atoms with E-state index in [0.717, 1.165) is 15.5 Å². The standard InChI is InChI=1S/C24H20N2O4S/c1-25(17-8-4-3-5-9-17)22(27)15-26-19-14-16(24(29)30-2)12-13-21(19)31-20-11-7-6-10-18(20)23(26)28/h3-14H,15H2,1-2H3. The fraction of sp³-hybridized carbons (Fsp3) is 0.125. The lowest BCUT2D eigenvalue weighted by Gasteiger charge is -2.26. The van der Waals surface area contributed by atoms with Crippen LogP contribution in [0, 0.1) is 0 Å². The van der Waals surface area contributed by atoms with Gasteiger partial charge in [-0.15, -0.1) is 0 Å². The number of benzene rings is 3. The average molecular weight is 433 g/mol. The van der Waals surface area contributed by atoms with Crippen LogP contribution in [0.15, 0.2) is 82.6 Å². The Morgan fingerprint density at radius 3 is 2.42 bits per heavy atom. The molecule has 0 saturated carbocycles. The first-order valence-electron chi connectivity index (χ1n) is 9.62. The van der Waals surface area contributed by atoms with Crippen LogP contribution in [0.4, 0.5) is 11.4 Å². The first-order chi connectivity index (χ1) is 15.0. The Bertz CT molecular complexity index is 1160. The number of carbonyl (C=O) groups excluding carboxylic acids is 3. The van der Waals surface area contributed by atoms with Crippen molar-refractivity contribution >= 4 is 40.9 Å². The maximum absolute atomic E-state index is 13.5. The highest BCUT2D eigenvalue weighted by Gasteiger charge is 2.30. The third-order valence-electron chi connectivity index (χ3n) is 5.06. The van der Waals surface area contributed by atoms with Gasteiger partial charge in [0, 0.05) is 22.5 Å². The molecule has 156 valence electrons. The third kappa shape index (κ3) is 4.04. The van der Waals surface area contributed by atoms with Gasteiger partial charge in [-0.25, -0.2) is 4.79 Å². The molecule has 3 aromatic rings. The van der Waals surface area contributed by atoms with E-state index < -0.39 is 5.97 Å². The molecule has 0 spiro atoms. The Labute approximate surface area is 184 Å². The number of ether oxygens (including phenoxy) is 1. The highest BCUT2D eigenvalue weighted by atomic mass is 32.2. The number of anilines is 2. The van der Waals surface area contributed by atoms with Crippen molar-refractivity contribution in [3.05, 3.63) is 83.9 Å². The number of hydrogen-bond acceptors (Lipinski definition) is 5. The topological polar surface area (TPSA) is 66.9 Å². The number of esters is 1. The maximum atomic E-state index is 13.5. The largest absolute Gasteiger partial charge is 0.465 e. The average Bonchev–Trinajstić information content (AvgIpc) is 2.93. The number of nitrogens with zero attached hydrogens (tertiary/aromatic N) is 2. The quantitative estimate of drug-likeness (QED) is 0.577. The van der Waals surface area contributed by atoms with Crippen molar-refractivity contribution in [1.82, 2.24) is 0 Å². The second kappa shape index (κ2) is 8.65. The van der Waals surface area contributed by atoms with Gasteiger partial charge in [-0.05, 0) is 42.5 Å². The van der Waals surface area contributed by atoms with E-state index in [9.17, 15) is 14.4 Å². The summed E-state index contributed by atoms with van der Waals surface area (Å²) in [6, 6.07) is 21.6. The van der Waals surface area contributed by atoms with Crippen LogP contribution in [-0.2, 0) is 9.53 Å². The predicted molar refractivity (Wildman–Crippen MR) is 120 cm³/mol. The molecule has 0 radical (unpaired) electrons. The monoisotopic (exact) mass is 432 g/mol. The molecular formula is C24H20N2O4S. The zero-order chi connectivity index (χ0) is 22.0. The van der Waals surface area contributed by atoms with E-state index in [0.29, 0.717) is 16.8 Å². The minimum Gasteiger partial charge on any atom is -0.465 e. The van der Waals surface area contributed by atoms with Gasteiger partial charge in [0.2, 0.25) is 5.91 Å². The van der Waals surface area contributed by atoms with E-state index in [1.165, 1.54) is 28.7 Å². The molecule has 0 aliphatic carbocycles. The molecule has 0 unspecified atom stereocenters. The minimum atomic E-state index is -0.505. The summed E-state index contributed by atoms with van der Waals surface area (Å²) in [6.45, 7) is -0.170. The van der Waals surface area contributed by atoms with Crippen LogP contribution in [0.3, 0.4) is 0 Å². The SMILES string of the molecule is COC(=O)c1ccc2c(c1)N(CC(=O)N(C)c1ccccc1)C(=O)c1ccccc1S2. The minimum absolute atomic E-state index is 0.170. The van der Waals surface area contributed by atoms with Crippen molar-refractivity contribution in [2.24, 2.45) is 0 Å². The van der Waals surface area contributed by atoms with Gasteiger partial charge in [0.25, 0.3) is 5.91 Å². The molecule has 31 heavy (non-hydrogen) atoms. The molecule has 2 amide bonds. The molecule has 1 aliphatic rings. The first kappa shape index (κ1) is 20.7. The van der Waals surface area contributed by atoms with Crippen molar-refractivity contribution < 1.29 is 19.1 Å². The molecule has 1 aliphatic heterocycles. The highest BCUT2D eigenvalue weighted by molar-refractivity contribution is 7.99. The second-order valence-corrected chi connectivity index (χ2v) is 8.04. The number of carbonyl (C=O) groups is 3. The molecule has 7 heteroatoms. The molecule has 0 fully saturated rings. The van der Waals surface area contributed by atoms with E-state index in [1.54, 1.807) is 37.4 Å². The number of fused-ring (bicyclic) bond motifs is 2. The summed E-state index contributed by atoms with van der Waals surface area (Å²) < 4.78 is 4.84. The van der Waals surface area contributed by atoms with Gasteiger partial charge >= 0.3 is 5.97 Å². The zero-order valence-electron chi connectivity index (χ0n) is 17.1. The van der Waals surface area contributed by atoms with Crippen molar-refractivity contribution in [3.63, 3.8) is 0 Å². The lowest BCUT2D eigenvalue weighted by Crippen LogP contribution is -2.42. The van der Waals surface area contributed by atoms with E-state index in [2.05, 4.69) is 0 Å². The van der Waals surface area contributed by atoms with Gasteiger partial charge in [-0.3, -0.25) is 14.5 Å². The van der Waals surface area contributed by atoms with Crippen LogP contribution in [0.1, 0.15) is 20.7 Å². The fourth-order valence-corrected chi connectivity index (χ4v) is 4.42. The summed E-state index contributed by atoms with van der Waals surface area (Å²) in [4.78, 5) is 43.2. The smallest absolute Gasteiger partial charge is 0.337 e. The van der Waals surface area contributed by atoms with Crippen molar-refractivity contribution in [2.45, 2.75) is 9.79 Å². The molecular weight excluding hydrogens is 412 g/mol. The van der Waals surface area contributed by atoms with Crippen LogP contribution in [0.2, 0.25) is 0 Å². The van der Waals surface area contributed by atoms with Crippen molar-refractivity contribution in [3.8, 4) is 0 Å². The van der Waals surface area contributed by atoms with Crippen LogP contribution in [0.5, 0.6) is 0 Å². The fourth-order valence-electron chi connectivity index (χ4n) is 3.36. The van der Waals surface area contributed by atoms with E-state index in [1.807, 2.05) is 42.5 Å².